The summed E-state index contributed by atoms with van der Waals surface area (Å²) in [5.41, 5.74) is 3.04. The molecule has 0 aliphatic carbocycles. The van der Waals surface area contributed by atoms with Gasteiger partial charge in [0.15, 0.2) is 6.61 Å². The summed E-state index contributed by atoms with van der Waals surface area (Å²) in [5, 5.41) is 3.81. The largest absolute Gasteiger partial charge is 0.494 e. The van der Waals surface area contributed by atoms with E-state index in [-0.39, 0.29) is 12.5 Å². The minimum Gasteiger partial charge on any atom is -0.494 e. The van der Waals surface area contributed by atoms with Gasteiger partial charge in [-0.15, -0.1) is 0 Å². The second-order valence-electron chi connectivity index (χ2n) is 4.24. The average molecular weight is 299 g/mol. The van der Waals surface area contributed by atoms with Gasteiger partial charge >= 0.3 is 0 Å². The second-order valence-corrected chi connectivity index (χ2v) is 4.24. The molecule has 2 rings (SSSR count). The van der Waals surface area contributed by atoms with Crippen molar-refractivity contribution in [2.45, 2.75) is 6.92 Å². The molecule has 22 heavy (non-hydrogen) atoms. The highest BCUT2D eigenvalue weighted by Crippen LogP contribution is 2.17. The molecule has 0 saturated heterocycles. The lowest BCUT2D eigenvalue weighted by Gasteiger charge is -2.06. The SMILES string of the molecule is CCOc1ccc(OCC(=O)N/N=C/c2ccccn2)cc1. The fourth-order valence-corrected chi connectivity index (χ4v) is 1.60. The third kappa shape index (κ3) is 5.24. The van der Waals surface area contributed by atoms with Gasteiger partial charge in [-0.1, -0.05) is 6.07 Å². The van der Waals surface area contributed by atoms with Crippen molar-refractivity contribution < 1.29 is 14.3 Å². The molecule has 2 aromatic rings. The molecule has 0 bridgehead atoms. The van der Waals surface area contributed by atoms with Crippen LogP contribution in [-0.2, 0) is 4.79 Å². The van der Waals surface area contributed by atoms with Gasteiger partial charge in [-0.05, 0) is 43.3 Å². The first-order chi connectivity index (χ1) is 10.8. The Hall–Kier alpha value is -2.89. The zero-order valence-electron chi connectivity index (χ0n) is 12.2. The van der Waals surface area contributed by atoms with Crippen LogP contribution in [-0.4, -0.2) is 30.3 Å². The number of hydrogen-bond donors (Lipinski definition) is 1. The Bertz CT molecular complexity index is 612. The fourth-order valence-electron chi connectivity index (χ4n) is 1.60. The zero-order valence-corrected chi connectivity index (χ0v) is 12.2. The number of ether oxygens (including phenoxy) is 2. The quantitative estimate of drug-likeness (QED) is 0.627. The lowest BCUT2D eigenvalue weighted by Crippen LogP contribution is -2.24. The van der Waals surface area contributed by atoms with Crippen molar-refractivity contribution in [3.05, 3.63) is 54.4 Å². The maximum atomic E-state index is 11.6. The Balaban J connectivity index is 1.74. The highest BCUT2D eigenvalue weighted by Gasteiger charge is 2.01. The van der Waals surface area contributed by atoms with Crippen molar-refractivity contribution in [3.8, 4) is 11.5 Å². The van der Waals surface area contributed by atoms with Crippen LogP contribution in [0.4, 0.5) is 0 Å². The van der Waals surface area contributed by atoms with Crippen molar-refractivity contribution in [1.82, 2.24) is 10.4 Å². The summed E-state index contributed by atoms with van der Waals surface area (Å²) >= 11 is 0. The molecule has 114 valence electrons. The molecule has 1 aromatic heterocycles. The first kappa shape index (κ1) is 15.5. The number of amides is 1. The summed E-state index contributed by atoms with van der Waals surface area (Å²) in [7, 11) is 0. The average Bonchev–Trinajstić information content (AvgIpc) is 2.55. The maximum absolute atomic E-state index is 11.6. The fraction of sp³-hybridized carbons (Fsp3) is 0.188. The molecular weight excluding hydrogens is 282 g/mol. The molecule has 0 atom stereocenters. The topological polar surface area (TPSA) is 72.8 Å². The lowest BCUT2D eigenvalue weighted by molar-refractivity contribution is -0.123. The molecule has 1 aromatic carbocycles. The van der Waals surface area contributed by atoms with Gasteiger partial charge in [0, 0.05) is 6.20 Å². The van der Waals surface area contributed by atoms with Crippen molar-refractivity contribution in [3.63, 3.8) is 0 Å². The predicted molar refractivity (Wildman–Crippen MR) is 83.1 cm³/mol. The van der Waals surface area contributed by atoms with Gasteiger partial charge in [0.05, 0.1) is 18.5 Å². The number of nitrogens with zero attached hydrogens (tertiary/aromatic N) is 2. The van der Waals surface area contributed by atoms with Crippen LogP contribution in [0.1, 0.15) is 12.6 Å². The summed E-state index contributed by atoms with van der Waals surface area (Å²) in [5.74, 6) is 1.01. The van der Waals surface area contributed by atoms with Crippen LogP contribution in [0.15, 0.2) is 53.8 Å². The monoisotopic (exact) mass is 299 g/mol. The molecule has 6 nitrogen and oxygen atoms in total. The summed E-state index contributed by atoms with van der Waals surface area (Å²) in [6, 6.07) is 12.5. The van der Waals surface area contributed by atoms with Gasteiger partial charge in [0.2, 0.25) is 0 Å². The molecule has 0 aliphatic rings. The molecular formula is C16H17N3O3. The van der Waals surface area contributed by atoms with Gasteiger partial charge in [-0.3, -0.25) is 9.78 Å². The highest BCUT2D eigenvalue weighted by atomic mass is 16.5. The molecule has 0 radical (unpaired) electrons. The summed E-state index contributed by atoms with van der Waals surface area (Å²) in [4.78, 5) is 15.6. The normalized spacial score (nSPS) is 10.4. The van der Waals surface area contributed by atoms with E-state index in [1.165, 1.54) is 6.21 Å². The molecule has 0 fully saturated rings. The van der Waals surface area contributed by atoms with Crippen LogP contribution in [0, 0.1) is 0 Å². The first-order valence-corrected chi connectivity index (χ1v) is 6.86. The number of pyridine rings is 1. The molecule has 0 saturated carbocycles. The molecule has 0 spiro atoms. The Labute approximate surface area is 128 Å². The van der Waals surface area contributed by atoms with Gasteiger partial charge in [-0.2, -0.15) is 5.10 Å². The van der Waals surface area contributed by atoms with E-state index in [4.69, 9.17) is 9.47 Å². The van der Waals surface area contributed by atoms with E-state index < -0.39 is 0 Å². The number of benzene rings is 1. The number of carbonyl (C=O) groups excluding carboxylic acids is 1. The van der Waals surface area contributed by atoms with Gasteiger partial charge in [-0.25, -0.2) is 5.43 Å². The molecule has 1 amide bonds. The third-order valence-electron chi connectivity index (χ3n) is 2.58. The Morgan fingerprint density at radius 3 is 2.55 bits per heavy atom. The van der Waals surface area contributed by atoms with E-state index in [1.54, 1.807) is 42.6 Å². The van der Waals surface area contributed by atoms with Crippen molar-refractivity contribution >= 4 is 12.1 Å². The third-order valence-corrected chi connectivity index (χ3v) is 2.58. The standard InChI is InChI=1S/C16H17N3O3/c1-2-21-14-6-8-15(9-7-14)22-12-16(20)19-18-11-13-5-3-4-10-17-13/h3-11H,2,12H2,1H3,(H,19,20)/b18-11+. The van der Waals surface area contributed by atoms with Crippen LogP contribution in [0.3, 0.4) is 0 Å². The van der Waals surface area contributed by atoms with Crippen LogP contribution in [0.5, 0.6) is 11.5 Å². The number of carbonyl (C=O) groups is 1. The van der Waals surface area contributed by atoms with Crippen LogP contribution >= 0.6 is 0 Å². The van der Waals surface area contributed by atoms with Gasteiger partial charge in [0.1, 0.15) is 11.5 Å². The second kappa shape index (κ2) is 8.41. The molecule has 6 heteroatoms. The summed E-state index contributed by atoms with van der Waals surface area (Å²) < 4.78 is 10.7. The van der Waals surface area contributed by atoms with Crippen LogP contribution < -0.4 is 14.9 Å². The zero-order chi connectivity index (χ0) is 15.6. The van der Waals surface area contributed by atoms with E-state index >= 15 is 0 Å². The van der Waals surface area contributed by atoms with Crippen molar-refractivity contribution in [2.24, 2.45) is 5.10 Å². The first-order valence-electron chi connectivity index (χ1n) is 6.86. The molecule has 0 aliphatic heterocycles. The van der Waals surface area contributed by atoms with Crippen LogP contribution in [0.2, 0.25) is 0 Å². The van der Waals surface area contributed by atoms with Crippen molar-refractivity contribution in [1.29, 1.82) is 0 Å². The Kier molecular flexibility index (Phi) is 5.92. The van der Waals surface area contributed by atoms with Crippen molar-refractivity contribution in [2.75, 3.05) is 13.2 Å². The smallest absolute Gasteiger partial charge is 0.277 e. The van der Waals surface area contributed by atoms with Gasteiger partial charge < -0.3 is 9.47 Å². The predicted octanol–water partition coefficient (Wildman–Crippen LogP) is 2.01. The summed E-state index contributed by atoms with van der Waals surface area (Å²) in [6.45, 7) is 2.41. The van der Waals surface area contributed by atoms with Crippen LogP contribution in [0.25, 0.3) is 0 Å². The van der Waals surface area contributed by atoms with Gasteiger partial charge in [0.25, 0.3) is 5.91 Å². The van der Waals surface area contributed by atoms with E-state index in [2.05, 4.69) is 15.5 Å². The molecule has 1 N–H and O–H groups in total. The van der Waals surface area contributed by atoms with E-state index in [0.29, 0.717) is 18.1 Å². The lowest BCUT2D eigenvalue weighted by atomic mass is 10.3. The van der Waals surface area contributed by atoms with E-state index in [0.717, 1.165) is 5.75 Å². The number of hydrazone groups is 1. The number of rotatable bonds is 7. The number of nitrogens with one attached hydrogen (secondary N) is 1. The highest BCUT2D eigenvalue weighted by molar-refractivity contribution is 5.81. The number of hydrogen-bond acceptors (Lipinski definition) is 5. The minimum atomic E-state index is -0.346. The summed E-state index contributed by atoms with van der Waals surface area (Å²) in [6.07, 6.45) is 3.12. The van der Waals surface area contributed by atoms with E-state index in [1.807, 2.05) is 13.0 Å². The van der Waals surface area contributed by atoms with E-state index in [9.17, 15) is 4.79 Å². The Morgan fingerprint density at radius 1 is 1.18 bits per heavy atom. The minimum absolute atomic E-state index is 0.118. The number of aromatic nitrogens is 1. The molecule has 1 heterocycles. The maximum Gasteiger partial charge on any atom is 0.277 e. The molecule has 0 unspecified atom stereocenters. The Morgan fingerprint density at radius 2 is 1.91 bits per heavy atom.